The first-order valence-corrected chi connectivity index (χ1v) is 8.93. The van der Waals surface area contributed by atoms with Gasteiger partial charge in [-0.15, -0.1) is 11.8 Å². The average Bonchev–Trinajstić information content (AvgIpc) is 2.85. The summed E-state index contributed by atoms with van der Waals surface area (Å²) in [6.45, 7) is 3.45. The zero-order chi connectivity index (χ0) is 18.2. The summed E-state index contributed by atoms with van der Waals surface area (Å²) in [7, 11) is 0. The summed E-state index contributed by atoms with van der Waals surface area (Å²) in [6, 6.07) is 13.8. The number of rotatable bonds is 4. The molecule has 1 aliphatic heterocycles. The van der Waals surface area contributed by atoms with Gasteiger partial charge in [-0.2, -0.15) is 0 Å². The molecule has 2 aromatic rings. The Kier molecular flexibility index (Phi) is 4.39. The molecule has 0 bridgehead atoms. The van der Waals surface area contributed by atoms with E-state index in [1.165, 1.54) is 12.1 Å². The molecule has 0 N–H and O–H groups in total. The van der Waals surface area contributed by atoms with Gasteiger partial charge in [-0.25, -0.2) is 0 Å². The van der Waals surface area contributed by atoms with Crippen molar-refractivity contribution in [2.75, 3.05) is 6.26 Å². The van der Waals surface area contributed by atoms with Crippen molar-refractivity contribution in [3.8, 4) is 0 Å². The summed E-state index contributed by atoms with van der Waals surface area (Å²) in [5, 5.41) is 10.8. The third-order valence-electron chi connectivity index (χ3n) is 4.08. The van der Waals surface area contributed by atoms with Crippen molar-refractivity contribution in [2.24, 2.45) is 0 Å². The number of benzene rings is 2. The fraction of sp³-hybridized carbons (Fsp3) is 0.211. The monoisotopic (exact) mass is 355 g/mol. The molecule has 0 aliphatic carbocycles. The maximum Gasteiger partial charge on any atom is 0.269 e. The van der Waals surface area contributed by atoms with E-state index < -0.39 is 10.5 Å². The third kappa shape index (κ3) is 3.17. The van der Waals surface area contributed by atoms with Gasteiger partial charge in [0.1, 0.15) is 5.76 Å². The minimum Gasteiger partial charge on any atom is -0.478 e. The number of nitro benzene ring substituents is 1. The van der Waals surface area contributed by atoms with E-state index in [1.54, 1.807) is 37.7 Å². The van der Waals surface area contributed by atoms with Crippen LogP contribution in [0.3, 0.4) is 0 Å². The van der Waals surface area contributed by atoms with Crippen LogP contribution in [0, 0.1) is 10.1 Å². The molecule has 0 saturated carbocycles. The molecular weight excluding hydrogens is 338 g/mol. The summed E-state index contributed by atoms with van der Waals surface area (Å²) in [4.78, 5) is 24.3. The highest BCUT2D eigenvalue weighted by Gasteiger charge is 2.42. The van der Waals surface area contributed by atoms with Crippen molar-refractivity contribution in [3.05, 3.63) is 69.8 Å². The Balaban J connectivity index is 2.11. The standard InChI is InChI=1S/C19H17NO4S/c1-19(2)18(21)16(12-4-8-14(9-5-12)20(22)23)17(24-19)13-6-10-15(25-3)11-7-13/h4-11H,1-3H3. The molecule has 1 heterocycles. The number of nitrogens with zero attached hydrogens (tertiary/aromatic N) is 1. The predicted octanol–water partition coefficient (Wildman–Crippen LogP) is 4.56. The molecule has 3 rings (SSSR count). The SMILES string of the molecule is CSc1ccc(C2=C(c3ccc([N+](=O)[O-])cc3)C(=O)C(C)(C)O2)cc1. The Labute approximate surface area is 149 Å². The van der Waals surface area contributed by atoms with E-state index in [-0.39, 0.29) is 11.5 Å². The van der Waals surface area contributed by atoms with Crippen molar-refractivity contribution in [3.63, 3.8) is 0 Å². The van der Waals surface area contributed by atoms with E-state index in [2.05, 4.69) is 0 Å². The van der Waals surface area contributed by atoms with Crippen molar-refractivity contribution < 1.29 is 14.5 Å². The smallest absolute Gasteiger partial charge is 0.269 e. The van der Waals surface area contributed by atoms with Gasteiger partial charge < -0.3 is 4.74 Å². The van der Waals surface area contributed by atoms with Crippen molar-refractivity contribution in [2.45, 2.75) is 24.3 Å². The lowest BCUT2D eigenvalue weighted by Crippen LogP contribution is -2.29. The molecule has 6 heteroatoms. The minimum absolute atomic E-state index is 0.0131. The lowest BCUT2D eigenvalue weighted by molar-refractivity contribution is -0.384. The lowest BCUT2D eigenvalue weighted by atomic mass is 9.92. The zero-order valence-electron chi connectivity index (χ0n) is 14.1. The largest absolute Gasteiger partial charge is 0.478 e. The van der Waals surface area contributed by atoms with Gasteiger partial charge in [0.2, 0.25) is 5.78 Å². The first-order valence-electron chi connectivity index (χ1n) is 7.71. The fourth-order valence-electron chi connectivity index (χ4n) is 2.71. The van der Waals surface area contributed by atoms with Crippen LogP contribution in [0.2, 0.25) is 0 Å². The van der Waals surface area contributed by atoms with Gasteiger partial charge in [-0.1, -0.05) is 12.1 Å². The number of non-ortho nitro benzene ring substituents is 1. The summed E-state index contributed by atoms with van der Waals surface area (Å²) >= 11 is 1.63. The van der Waals surface area contributed by atoms with Gasteiger partial charge in [0.25, 0.3) is 5.69 Å². The summed E-state index contributed by atoms with van der Waals surface area (Å²) < 4.78 is 5.95. The van der Waals surface area contributed by atoms with Crippen molar-refractivity contribution in [1.82, 2.24) is 0 Å². The Morgan fingerprint density at radius 1 is 1.00 bits per heavy atom. The highest BCUT2D eigenvalue weighted by atomic mass is 32.2. The van der Waals surface area contributed by atoms with Gasteiger partial charge in [0.05, 0.1) is 10.5 Å². The second-order valence-electron chi connectivity index (χ2n) is 6.18. The highest BCUT2D eigenvalue weighted by molar-refractivity contribution is 7.98. The van der Waals surface area contributed by atoms with Crippen LogP contribution in [0.15, 0.2) is 53.4 Å². The number of carbonyl (C=O) groups is 1. The summed E-state index contributed by atoms with van der Waals surface area (Å²) in [6.07, 6.45) is 2.00. The van der Waals surface area contributed by atoms with Crippen LogP contribution in [0.1, 0.15) is 25.0 Å². The number of hydrogen-bond acceptors (Lipinski definition) is 5. The molecular formula is C19H17NO4S. The fourth-order valence-corrected chi connectivity index (χ4v) is 3.12. The van der Waals surface area contributed by atoms with Crippen molar-refractivity contribution >= 4 is 34.6 Å². The van der Waals surface area contributed by atoms with Gasteiger partial charge in [0, 0.05) is 22.6 Å². The number of nitro groups is 1. The van der Waals surface area contributed by atoms with E-state index in [4.69, 9.17) is 4.74 Å². The summed E-state index contributed by atoms with van der Waals surface area (Å²) in [5.41, 5.74) is 0.901. The molecule has 128 valence electrons. The second-order valence-corrected chi connectivity index (χ2v) is 7.06. The quantitative estimate of drug-likeness (QED) is 0.457. The highest BCUT2D eigenvalue weighted by Crippen LogP contribution is 2.41. The second kappa shape index (κ2) is 6.37. The Morgan fingerprint density at radius 3 is 2.08 bits per heavy atom. The van der Waals surface area contributed by atoms with Crippen molar-refractivity contribution in [1.29, 1.82) is 0 Å². The molecule has 0 fully saturated rings. The predicted molar refractivity (Wildman–Crippen MR) is 98.3 cm³/mol. The van der Waals surface area contributed by atoms with E-state index in [0.717, 1.165) is 10.5 Å². The summed E-state index contributed by atoms with van der Waals surface area (Å²) in [5.74, 6) is 0.377. The molecule has 0 unspecified atom stereocenters. The van der Waals surface area contributed by atoms with Gasteiger partial charge in [0.15, 0.2) is 5.60 Å². The molecule has 5 nitrogen and oxygen atoms in total. The van der Waals surface area contributed by atoms with Crippen LogP contribution < -0.4 is 0 Å². The molecule has 2 aromatic carbocycles. The topological polar surface area (TPSA) is 69.4 Å². The molecule has 1 aliphatic rings. The molecule has 0 saturated heterocycles. The average molecular weight is 355 g/mol. The number of thioether (sulfide) groups is 1. The van der Waals surface area contributed by atoms with Crippen LogP contribution in [-0.2, 0) is 9.53 Å². The van der Waals surface area contributed by atoms with E-state index in [9.17, 15) is 14.9 Å². The molecule has 0 radical (unpaired) electrons. The van der Waals surface area contributed by atoms with Gasteiger partial charge in [-0.05, 0) is 49.9 Å². The van der Waals surface area contributed by atoms with E-state index >= 15 is 0 Å². The molecule has 0 atom stereocenters. The number of Topliss-reactive ketones (excluding diaryl/α,β-unsaturated/α-hetero) is 1. The van der Waals surface area contributed by atoms with E-state index in [1.807, 2.05) is 30.5 Å². The van der Waals surface area contributed by atoms with Crippen LogP contribution in [0.25, 0.3) is 11.3 Å². The van der Waals surface area contributed by atoms with Gasteiger partial charge >= 0.3 is 0 Å². The first-order chi connectivity index (χ1) is 11.8. The Hall–Kier alpha value is -2.60. The molecule has 0 amide bonds. The molecule has 25 heavy (non-hydrogen) atoms. The van der Waals surface area contributed by atoms with Crippen LogP contribution in [0.4, 0.5) is 5.69 Å². The first kappa shape index (κ1) is 17.2. The van der Waals surface area contributed by atoms with Gasteiger partial charge in [-0.3, -0.25) is 14.9 Å². The number of carbonyl (C=O) groups excluding carboxylic acids is 1. The Bertz CT molecular complexity index is 867. The third-order valence-corrected chi connectivity index (χ3v) is 4.82. The number of hydrogen-bond donors (Lipinski definition) is 0. The number of ketones is 1. The van der Waals surface area contributed by atoms with Crippen LogP contribution >= 0.6 is 11.8 Å². The lowest BCUT2D eigenvalue weighted by Gasteiger charge is -2.17. The van der Waals surface area contributed by atoms with E-state index in [0.29, 0.717) is 16.9 Å². The maximum atomic E-state index is 12.8. The normalized spacial score (nSPS) is 16.0. The molecule has 0 spiro atoms. The molecule has 0 aromatic heterocycles. The number of ether oxygens (including phenoxy) is 1. The maximum absolute atomic E-state index is 12.8. The zero-order valence-corrected chi connectivity index (χ0v) is 14.9. The Morgan fingerprint density at radius 2 is 1.56 bits per heavy atom. The van der Waals surface area contributed by atoms with Crippen LogP contribution in [0.5, 0.6) is 0 Å². The minimum atomic E-state index is -0.968. The van der Waals surface area contributed by atoms with Crippen LogP contribution in [-0.4, -0.2) is 22.6 Å².